The van der Waals surface area contributed by atoms with Crippen LogP contribution >= 0.6 is 0 Å². The van der Waals surface area contributed by atoms with Crippen LogP contribution in [-0.2, 0) is 4.74 Å². The van der Waals surface area contributed by atoms with Crippen molar-refractivity contribution in [2.75, 3.05) is 6.61 Å². The molecule has 3 heteroatoms. The summed E-state index contributed by atoms with van der Waals surface area (Å²) in [5.74, 6) is 1.37. The maximum Gasteiger partial charge on any atom is 0.183 e. The van der Waals surface area contributed by atoms with Gasteiger partial charge in [-0.2, -0.15) is 0 Å². The van der Waals surface area contributed by atoms with Gasteiger partial charge in [-0.3, -0.25) is 0 Å². The van der Waals surface area contributed by atoms with Gasteiger partial charge in [0.05, 0.1) is 12.1 Å². The first-order valence-corrected chi connectivity index (χ1v) is 5.51. The SMILES string of the molecule is CCC(O)CCC1=N[C@@H](C(C)C)CO1. The number of ether oxygens (including phenoxy) is 1. The lowest BCUT2D eigenvalue weighted by Gasteiger charge is -2.06. The molecule has 0 saturated carbocycles. The zero-order chi connectivity index (χ0) is 10.6. The van der Waals surface area contributed by atoms with Gasteiger partial charge in [-0.25, -0.2) is 4.99 Å². The predicted molar refractivity (Wildman–Crippen MR) is 57.5 cm³/mol. The van der Waals surface area contributed by atoms with Crippen molar-refractivity contribution < 1.29 is 9.84 Å². The molecule has 3 nitrogen and oxygen atoms in total. The second-order valence-electron chi connectivity index (χ2n) is 4.25. The highest BCUT2D eigenvalue weighted by atomic mass is 16.5. The third kappa shape index (κ3) is 3.29. The summed E-state index contributed by atoms with van der Waals surface area (Å²) in [5, 5.41) is 9.38. The lowest BCUT2D eigenvalue weighted by molar-refractivity contribution is 0.160. The van der Waals surface area contributed by atoms with Crippen molar-refractivity contribution in [2.45, 2.75) is 52.2 Å². The monoisotopic (exact) mass is 199 g/mol. The van der Waals surface area contributed by atoms with E-state index < -0.39 is 0 Å². The molecule has 0 aromatic rings. The molecule has 0 radical (unpaired) electrons. The molecule has 2 atom stereocenters. The number of aliphatic hydroxyl groups is 1. The van der Waals surface area contributed by atoms with E-state index >= 15 is 0 Å². The highest BCUT2D eigenvalue weighted by Crippen LogP contribution is 2.16. The Morgan fingerprint density at radius 3 is 2.79 bits per heavy atom. The molecular weight excluding hydrogens is 178 g/mol. The summed E-state index contributed by atoms with van der Waals surface area (Å²) in [5.41, 5.74) is 0. The van der Waals surface area contributed by atoms with Crippen LogP contribution in [0.2, 0.25) is 0 Å². The third-order valence-electron chi connectivity index (χ3n) is 2.66. The van der Waals surface area contributed by atoms with Crippen molar-refractivity contribution in [2.24, 2.45) is 10.9 Å². The Balaban J connectivity index is 2.29. The predicted octanol–water partition coefficient (Wildman–Crippen LogP) is 1.99. The molecule has 0 saturated heterocycles. The fourth-order valence-corrected chi connectivity index (χ4v) is 1.41. The molecule has 1 aliphatic rings. The van der Waals surface area contributed by atoms with E-state index in [4.69, 9.17) is 4.74 Å². The molecule has 14 heavy (non-hydrogen) atoms. The molecule has 1 rings (SSSR count). The van der Waals surface area contributed by atoms with Crippen molar-refractivity contribution in [1.82, 2.24) is 0 Å². The first-order valence-electron chi connectivity index (χ1n) is 5.51. The minimum absolute atomic E-state index is 0.209. The van der Waals surface area contributed by atoms with E-state index in [0.29, 0.717) is 12.0 Å². The first-order chi connectivity index (χ1) is 6.63. The number of hydrogen-bond donors (Lipinski definition) is 1. The Kier molecular flexibility index (Phi) is 4.39. The summed E-state index contributed by atoms with van der Waals surface area (Å²) in [7, 11) is 0. The Bertz CT molecular complexity index is 201. The Morgan fingerprint density at radius 2 is 2.29 bits per heavy atom. The summed E-state index contributed by atoms with van der Waals surface area (Å²) in [4.78, 5) is 4.48. The number of aliphatic imine (C=N–C) groups is 1. The van der Waals surface area contributed by atoms with Gasteiger partial charge >= 0.3 is 0 Å². The van der Waals surface area contributed by atoms with Crippen LogP contribution in [0.4, 0.5) is 0 Å². The van der Waals surface area contributed by atoms with Gasteiger partial charge < -0.3 is 9.84 Å². The van der Waals surface area contributed by atoms with E-state index in [2.05, 4.69) is 18.8 Å². The molecule has 0 amide bonds. The number of rotatable bonds is 5. The van der Waals surface area contributed by atoms with Gasteiger partial charge in [-0.1, -0.05) is 20.8 Å². The second-order valence-corrected chi connectivity index (χ2v) is 4.25. The minimum atomic E-state index is -0.209. The van der Waals surface area contributed by atoms with E-state index in [1.54, 1.807) is 0 Å². The third-order valence-corrected chi connectivity index (χ3v) is 2.66. The summed E-state index contributed by atoms with van der Waals surface area (Å²) in [6, 6.07) is 0.323. The molecule has 1 unspecified atom stereocenters. The van der Waals surface area contributed by atoms with E-state index in [-0.39, 0.29) is 6.10 Å². The average molecular weight is 199 g/mol. The smallest absolute Gasteiger partial charge is 0.183 e. The van der Waals surface area contributed by atoms with E-state index in [9.17, 15) is 5.11 Å². The number of aliphatic hydroxyl groups excluding tert-OH is 1. The van der Waals surface area contributed by atoms with E-state index in [0.717, 1.165) is 31.8 Å². The van der Waals surface area contributed by atoms with Crippen LogP contribution < -0.4 is 0 Å². The van der Waals surface area contributed by atoms with E-state index in [1.165, 1.54) is 0 Å². The number of nitrogens with zero attached hydrogens (tertiary/aromatic N) is 1. The summed E-state index contributed by atoms with van der Waals surface area (Å²) < 4.78 is 5.46. The molecule has 1 heterocycles. The molecule has 0 aliphatic carbocycles. The van der Waals surface area contributed by atoms with Gasteiger partial charge in [0, 0.05) is 6.42 Å². The van der Waals surface area contributed by atoms with Gasteiger partial charge in [-0.05, 0) is 18.8 Å². The van der Waals surface area contributed by atoms with Crippen molar-refractivity contribution in [3.63, 3.8) is 0 Å². The maximum absolute atomic E-state index is 9.38. The molecule has 82 valence electrons. The standard InChI is InChI=1S/C11H21NO2/c1-4-9(13)5-6-11-12-10(7-14-11)8(2)3/h8-10,13H,4-7H2,1-3H3/t9?,10-/m1/s1. The van der Waals surface area contributed by atoms with Crippen LogP contribution in [-0.4, -0.2) is 29.8 Å². The van der Waals surface area contributed by atoms with Crippen LogP contribution in [0.15, 0.2) is 4.99 Å². The van der Waals surface area contributed by atoms with Crippen LogP contribution in [0.3, 0.4) is 0 Å². The van der Waals surface area contributed by atoms with Crippen molar-refractivity contribution in [3.8, 4) is 0 Å². The molecule has 1 aliphatic heterocycles. The Hall–Kier alpha value is -0.570. The summed E-state index contributed by atoms with van der Waals surface area (Å²) in [6.45, 7) is 7.01. The zero-order valence-corrected chi connectivity index (χ0v) is 9.36. The fourth-order valence-electron chi connectivity index (χ4n) is 1.41. The zero-order valence-electron chi connectivity index (χ0n) is 9.36. The van der Waals surface area contributed by atoms with Gasteiger partial charge in [0.15, 0.2) is 5.90 Å². The second kappa shape index (κ2) is 5.35. The Morgan fingerprint density at radius 1 is 1.57 bits per heavy atom. The molecule has 0 bridgehead atoms. The fraction of sp³-hybridized carbons (Fsp3) is 0.909. The van der Waals surface area contributed by atoms with Gasteiger partial charge in [0.2, 0.25) is 0 Å². The summed E-state index contributed by atoms with van der Waals surface area (Å²) >= 11 is 0. The molecule has 1 N–H and O–H groups in total. The molecule has 0 aromatic heterocycles. The van der Waals surface area contributed by atoms with Crippen LogP contribution in [0.5, 0.6) is 0 Å². The quantitative estimate of drug-likeness (QED) is 0.735. The minimum Gasteiger partial charge on any atom is -0.479 e. The van der Waals surface area contributed by atoms with Crippen molar-refractivity contribution in [3.05, 3.63) is 0 Å². The highest BCUT2D eigenvalue weighted by molar-refractivity contribution is 5.77. The lowest BCUT2D eigenvalue weighted by Crippen LogP contribution is -2.13. The molecule has 0 aromatic carbocycles. The van der Waals surface area contributed by atoms with Gasteiger partial charge in [0.25, 0.3) is 0 Å². The Labute approximate surface area is 86.2 Å². The topological polar surface area (TPSA) is 41.8 Å². The van der Waals surface area contributed by atoms with Crippen molar-refractivity contribution in [1.29, 1.82) is 0 Å². The largest absolute Gasteiger partial charge is 0.479 e. The summed E-state index contributed by atoms with van der Waals surface area (Å²) in [6.07, 6.45) is 2.14. The van der Waals surface area contributed by atoms with Crippen molar-refractivity contribution >= 4 is 5.90 Å². The highest BCUT2D eigenvalue weighted by Gasteiger charge is 2.21. The first kappa shape index (κ1) is 11.5. The van der Waals surface area contributed by atoms with Crippen LogP contribution in [0.25, 0.3) is 0 Å². The van der Waals surface area contributed by atoms with Gasteiger partial charge in [0.1, 0.15) is 6.61 Å². The average Bonchev–Trinajstić information content (AvgIpc) is 2.62. The molecular formula is C11H21NO2. The van der Waals surface area contributed by atoms with Gasteiger partial charge in [-0.15, -0.1) is 0 Å². The maximum atomic E-state index is 9.38. The van der Waals surface area contributed by atoms with Crippen LogP contribution in [0, 0.1) is 5.92 Å². The molecule has 0 spiro atoms. The van der Waals surface area contributed by atoms with E-state index in [1.807, 2.05) is 6.92 Å². The molecule has 0 fully saturated rings. The normalized spacial score (nSPS) is 23.5. The lowest BCUT2D eigenvalue weighted by atomic mass is 10.1. The van der Waals surface area contributed by atoms with Crippen LogP contribution in [0.1, 0.15) is 40.0 Å². The number of hydrogen-bond acceptors (Lipinski definition) is 3.